The summed E-state index contributed by atoms with van der Waals surface area (Å²) in [5.41, 5.74) is 5.64. The van der Waals surface area contributed by atoms with Crippen molar-refractivity contribution < 1.29 is 5.11 Å². The van der Waals surface area contributed by atoms with Crippen LogP contribution in [0.25, 0.3) is 10.9 Å². The number of aliphatic imine (C=N–C) groups is 1. The molecular weight excluding hydrogens is 272 g/mol. The summed E-state index contributed by atoms with van der Waals surface area (Å²) >= 11 is 0. The summed E-state index contributed by atoms with van der Waals surface area (Å²) in [6, 6.07) is 16.3. The van der Waals surface area contributed by atoms with Crippen LogP contribution in [0.5, 0.6) is 0 Å². The van der Waals surface area contributed by atoms with Crippen LogP contribution in [0, 0.1) is 6.92 Å². The van der Waals surface area contributed by atoms with Crippen molar-refractivity contribution >= 4 is 17.1 Å². The zero-order valence-electron chi connectivity index (χ0n) is 12.5. The fourth-order valence-electron chi connectivity index (χ4n) is 3.32. The molecule has 2 atom stereocenters. The molecule has 4 rings (SSSR count). The smallest absolute Gasteiger partial charge is 0.101 e. The summed E-state index contributed by atoms with van der Waals surface area (Å²) in [6.45, 7) is 2.05. The molecule has 0 spiro atoms. The first-order valence-electron chi connectivity index (χ1n) is 7.60. The number of hydrogen-bond donors (Lipinski definition) is 2. The van der Waals surface area contributed by atoms with Crippen LogP contribution < -0.4 is 0 Å². The van der Waals surface area contributed by atoms with Gasteiger partial charge in [0, 0.05) is 29.3 Å². The Balaban J connectivity index is 1.72. The van der Waals surface area contributed by atoms with E-state index in [0.717, 1.165) is 22.3 Å². The van der Waals surface area contributed by atoms with E-state index in [4.69, 9.17) is 0 Å². The predicted molar refractivity (Wildman–Crippen MR) is 89.5 cm³/mol. The van der Waals surface area contributed by atoms with Crippen LogP contribution in [0.15, 0.2) is 53.5 Å². The third kappa shape index (κ3) is 2.14. The molecule has 110 valence electrons. The molecule has 0 fully saturated rings. The van der Waals surface area contributed by atoms with E-state index in [1.54, 1.807) is 0 Å². The van der Waals surface area contributed by atoms with Crippen molar-refractivity contribution in [2.24, 2.45) is 4.99 Å². The molecule has 1 aromatic heterocycles. The Hall–Kier alpha value is -2.39. The second-order valence-electron chi connectivity index (χ2n) is 5.96. The maximum atomic E-state index is 10.3. The molecule has 3 nitrogen and oxygen atoms in total. The Kier molecular flexibility index (Phi) is 3.09. The topological polar surface area (TPSA) is 48.4 Å². The number of fused-ring (bicyclic) bond motifs is 2. The molecule has 1 aliphatic rings. The van der Waals surface area contributed by atoms with Gasteiger partial charge < -0.3 is 10.1 Å². The van der Waals surface area contributed by atoms with Gasteiger partial charge in [-0.3, -0.25) is 4.99 Å². The molecule has 1 heterocycles. The Morgan fingerprint density at radius 3 is 2.95 bits per heavy atom. The SMILES string of the molecule is Cc1cc2cccc(C=N[C@@H]3c4ccccc4C[C@@H]3O)c2[nH]1. The molecule has 0 saturated heterocycles. The Morgan fingerprint density at radius 2 is 2.05 bits per heavy atom. The predicted octanol–water partition coefficient (Wildman–Crippen LogP) is 3.55. The molecule has 0 bridgehead atoms. The van der Waals surface area contributed by atoms with Crippen molar-refractivity contribution in [1.82, 2.24) is 4.98 Å². The number of nitrogens with zero attached hydrogens (tertiary/aromatic N) is 1. The lowest BCUT2D eigenvalue weighted by atomic mass is 10.1. The largest absolute Gasteiger partial charge is 0.390 e. The number of H-pyrrole nitrogens is 1. The van der Waals surface area contributed by atoms with Gasteiger partial charge in [-0.2, -0.15) is 0 Å². The van der Waals surface area contributed by atoms with Gasteiger partial charge in [0.2, 0.25) is 0 Å². The van der Waals surface area contributed by atoms with Crippen LogP contribution in [-0.4, -0.2) is 22.4 Å². The Bertz CT molecular complexity index is 863. The van der Waals surface area contributed by atoms with Gasteiger partial charge in [-0.25, -0.2) is 0 Å². The number of aryl methyl sites for hydroxylation is 1. The van der Waals surface area contributed by atoms with Gasteiger partial charge in [0.05, 0.1) is 11.6 Å². The number of aliphatic hydroxyl groups excluding tert-OH is 1. The lowest BCUT2D eigenvalue weighted by Crippen LogP contribution is -2.11. The lowest BCUT2D eigenvalue weighted by molar-refractivity contribution is 0.159. The van der Waals surface area contributed by atoms with Crippen molar-refractivity contribution in [1.29, 1.82) is 0 Å². The van der Waals surface area contributed by atoms with E-state index in [-0.39, 0.29) is 6.04 Å². The number of para-hydroxylation sites is 1. The fraction of sp³-hybridized carbons (Fsp3) is 0.211. The third-order valence-corrected chi connectivity index (χ3v) is 4.36. The van der Waals surface area contributed by atoms with Gasteiger partial charge in [0.1, 0.15) is 6.04 Å². The van der Waals surface area contributed by atoms with Crippen LogP contribution in [0.2, 0.25) is 0 Å². The van der Waals surface area contributed by atoms with Crippen LogP contribution in [-0.2, 0) is 6.42 Å². The molecule has 0 radical (unpaired) electrons. The van der Waals surface area contributed by atoms with Crippen LogP contribution in [0.4, 0.5) is 0 Å². The highest BCUT2D eigenvalue weighted by Crippen LogP contribution is 2.34. The summed E-state index contributed by atoms with van der Waals surface area (Å²) < 4.78 is 0. The third-order valence-electron chi connectivity index (χ3n) is 4.36. The second kappa shape index (κ2) is 5.11. The number of rotatable bonds is 2. The average molecular weight is 290 g/mol. The molecule has 3 aromatic rings. The van der Waals surface area contributed by atoms with Gasteiger partial charge in [0.15, 0.2) is 0 Å². The number of nitrogens with one attached hydrogen (secondary N) is 1. The molecule has 0 aliphatic heterocycles. The average Bonchev–Trinajstić information content (AvgIpc) is 3.04. The van der Waals surface area contributed by atoms with Gasteiger partial charge in [0.25, 0.3) is 0 Å². The number of hydrogen-bond acceptors (Lipinski definition) is 2. The summed E-state index contributed by atoms with van der Waals surface area (Å²) in [4.78, 5) is 8.06. The van der Waals surface area contributed by atoms with Crippen LogP contribution in [0.3, 0.4) is 0 Å². The summed E-state index contributed by atoms with van der Waals surface area (Å²) in [5.74, 6) is 0. The van der Waals surface area contributed by atoms with E-state index in [0.29, 0.717) is 6.42 Å². The summed E-state index contributed by atoms with van der Waals surface area (Å²) in [7, 11) is 0. The van der Waals surface area contributed by atoms with Crippen LogP contribution in [0.1, 0.15) is 28.4 Å². The first-order valence-corrected chi connectivity index (χ1v) is 7.60. The monoisotopic (exact) mass is 290 g/mol. The molecule has 0 unspecified atom stereocenters. The van der Waals surface area contributed by atoms with E-state index >= 15 is 0 Å². The molecule has 0 saturated carbocycles. The maximum absolute atomic E-state index is 10.3. The maximum Gasteiger partial charge on any atom is 0.101 e. The Morgan fingerprint density at radius 1 is 1.18 bits per heavy atom. The van der Waals surface area contributed by atoms with Crippen molar-refractivity contribution in [3.05, 3.63) is 70.9 Å². The fourth-order valence-corrected chi connectivity index (χ4v) is 3.32. The molecule has 3 heteroatoms. The van der Waals surface area contributed by atoms with Crippen molar-refractivity contribution in [3.63, 3.8) is 0 Å². The van der Waals surface area contributed by atoms with Crippen molar-refractivity contribution in [3.8, 4) is 0 Å². The zero-order chi connectivity index (χ0) is 15.1. The van der Waals surface area contributed by atoms with E-state index < -0.39 is 6.10 Å². The van der Waals surface area contributed by atoms with Gasteiger partial charge in [-0.1, -0.05) is 42.5 Å². The quantitative estimate of drug-likeness (QED) is 0.697. The van der Waals surface area contributed by atoms with E-state index in [1.165, 1.54) is 10.9 Å². The molecule has 1 aliphatic carbocycles. The van der Waals surface area contributed by atoms with Crippen molar-refractivity contribution in [2.45, 2.75) is 25.5 Å². The van der Waals surface area contributed by atoms with E-state index in [2.05, 4.69) is 47.2 Å². The van der Waals surface area contributed by atoms with Gasteiger partial charge in [-0.05, 0) is 24.1 Å². The normalized spacial score (nSPS) is 20.8. The molecule has 0 amide bonds. The standard InChI is InChI=1S/C19H18N2O/c1-12-9-14-6-4-7-15(18(14)21-12)11-20-19-16-8-3-2-5-13(16)10-17(19)22/h2-9,11,17,19,21-22H,10H2,1H3/t17-,19+/m0/s1. The first-order chi connectivity index (χ1) is 10.7. The minimum absolute atomic E-state index is 0.164. The number of aliphatic hydroxyl groups is 1. The minimum atomic E-state index is -0.432. The molecule has 2 N–H and O–H groups in total. The molecule has 2 aromatic carbocycles. The van der Waals surface area contributed by atoms with E-state index in [9.17, 15) is 5.11 Å². The van der Waals surface area contributed by atoms with E-state index in [1.807, 2.05) is 24.4 Å². The Labute approximate surface area is 129 Å². The first kappa shape index (κ1) is 13.3. The molecular formula is C19H18N2O. The number of aromatic nitrogens is 1. The summed E-state index contributed by atoms with van der Waals surface area (Å²) in [5, 5.41) is 11.5. The van der Waals surface area contributed by atoms with Crippen LogP contribution >= 0.6 is 0 Å². The zero-order valence-corrected chi connectivity index (χ0v) is 12.5. The number of aromatic amines is 1. The lowest BCUT2D eigenvalue weighted by Gasteiger charge is -2.10. The second-order valence-corrected chi connectivity index (χ2v) is 5.96. The van der Waals surface area contributed by atoms with Crippen molar-refractivity contribution in [2.75, 3.05) is 0 Å². The van der Waals surface area contributed by atoms with Gasteiger partial charge >= 0.3 is 0 Å². The highest BCUT2D eigenvalue weighted by atomic mass is 16.3. The highest BCUT2D eigenvalue weighted by Gasteiger charge is 2.29. The highest BCUT2D eigenvalue weighted by molar-refractivity contribution is 5.98. The minimum Gasteiger partial charge on any atom is -0.390 e. The number of benzene rings is 2. The molecule has 22 heavy (non-hydrogen) atoms. The van der Waals surface area contributed by atoms with Gasteiger partial charge in [-0.15, -0.1) is 0 Å². The summed E-state index contributed by atoms with van der Waals surface area (Å²) in [6.07, 6.45) is 2.14.